The molecule has 2 aromatic rings. The van der Waals surface area contributed by atoms with E-state index >= 15 is 0 Å². The zero-order valence-electron chi connectivity index (χ0n) is 10.9. The van der Waals surface area contributed by atoms with Crippen LogP contribution < -0.4 is 11.1 Å². The summed E-state index contributed by atoms with van der Waals surface area (Å²) in [4.78, 5) is 14.6. The van der Waals surface area contributed by atoms with Crippen LogP contribution in [0.4, 0.5) is 10.1 Å². The zero-order chi connectivity index (χ0) is 14.1. The average Bonchev–Trinajstić information content (AvgIpc) is 2.96. The quantitative estimate of drug-likeness (QED) is 0.854. The van der Waals surface area contributed by atoms with E-state index in [1.165, 1.54) is 29.0 Å². The number of thiophene rings is 1. The highest BCUT2D eigenvalue weighted by Gasteiger charge is 2.16. The number of nitrogens with one attached hydrogen (secondary N) is 1. The van der Waals surface area contributed by atoms with Gasteiger partial charge in [-0.1, -0.05) is 0 Å². The number of anilines is 1. The lowest BCUT2D eigenvalue weighted by Crippen LogP contribution is -2.23. The SMILES string of the molecule is Nc1cc(F)ccc1C(=O)NCc1cc2c(s1)CCC2. The Labute approximate surface area is 120 Å². The van der Waals surface area contributed by atoms with Crippen LogP contribution >= 0.6 is 11.3 Å². The molecule has 0 radical (unpaired) electrons. The molecule has 1 aliphatic rings. The number of nitrogens with two attached hydrogens (primary N) is 1. The Bertz CT molecular complexity index is 644. The summed E-state index contributed by atoms with van der Waals surface area (Å²) in [5.74, 6) is -0.704. The summed E-state index contributed by atoms with van der Waals surface area (Å²) >= 11 is 1.76. The molecule has 0 saturated heterocycles. The first-order valence-corrected chi connectivity index (χ1v) is 7.39. The van der Waals surface area contributed by atoms with E-state index in [-0.39, 0.29) is 11.6 Å². The van der Waals surface area contributed by atoms with Crippen molar-refractivity contribution in [2.75, 3.05) is 5.73 Å². The van der Waals surface area contributed by atoms with E-state index in [9.17, 15) is 9.18 Å². The fourth-order valence-corrected chi connectivity index (χ4v) is 3.68. The molecule has 0 bridgehead atoms. The minimum absolute atomic E-state index is 0.163. The van der Waals surface area contributed by atoms with Crippen molar-refractivity contribution in [3.8, 4) is 0 Å². The number of fused-ring (bicyclic) bond motifs is 1. The Morgan fingerprint density at radius 1 is 1.35 bits per heavy atom. The molecular formula is C15H15FN2OS. The summed E-state index contributed by atoms with van der Waals surface area (Å²) in [6.45, 7) is 0.493. The van der Waals surface area contributed by atoms with Gasteiger partial charge in [0.25, 0.3) is 5.91 Å². The number of rotatable bonds is 3. The van der Waals surface area contributed by atoms with Crippen molar-refractivity contribution in [3.63, 3.8) is 0 Å². The Kier molecular flexibility index (Phi) is 3.44. The van der Waals surface area contributed by atoms with E-state index in [1.807, 2.05) is 0 Å². The number of hydrogen-bond acceptors (Lipinski definition) is 3. The van der Waals surface area contributed by atoms with Gasteiger partial charge in [-0.2, -0.15) is 0 Å². The van der Waals surface area contributed by atoms with Crippen molar-refractivity contribution in [2.24, 2.45) is 0 Å². The lowest BCUT2D eigenvalue weighted by Gasteiger charge is -2.06. The van der Waals surface area contributed by atoms with Crippen molar-refractivity contribution in [3.05, 3.63) is 51.0 Å². The molecule has 104 valence electrons. The molecule has 0 spiro atoms. The maximum atomic E-state index is 12.9. The monoisotopic (exact) mass is 290 g/mol. The van der Waals surface area contributed by atoms with Gasteiger partial charge in [0.1, 0.15) is 5.82 Å². The van der Waals surface area contributed by atoms with Gasteiger partial charge in [0.05, 0.1) is 12.1 Å². The predicted octanol–water partition coefficient (Wildman–Crippen LogP) is 2.89. The highest BCUT2D eigenvalue weighted by molar-refractivity contribution is 7.12. The van der Waals surface area contributed by atoms with Crippen LogP contribution in [0, 0.1) is 5.82 Å². The average molecular weight is 290 g/mol. The van der Waals surface area contributed by atoms with Crippen molar-refractivity contribution >= 4 is 22.9 Å². The Morgan fingerprint density at radius 2 is 2.20 bits per heavy atom. The van der Waals surface area contributed by atoms with Gasteiger partial charge >= 0.3 is 0 Å². The van der Waals surface area contributed by atoms with Crippen LogP contribution in [0.2, 0.25) is 0 Å². The number of benzene rings is 1. The highest BCUT2D eigenvalue weighted by atomic mass is 32.1. The van der Waals surface area contributed by atoms with Gasteiger partial charge in [-0.05, 0) is 49.1 Å². The Hall–Kier alpha value is -1.88. The van der Waals surface area contributed by atoms with Crippen molar-refractivity contribution in [1.29, 1.82) is 0 Å². The Balaban J connectivity index is 1.66. The van der Waals surface area contributed by atoms with Gasteiger partial charge < -0.3 is 11.1 Å². The van der Waals surface area contributed by atoms with Crippen molar-refractivity contribution in [1.82, 2.24) is 5.32 Å². The van der Waals surface area contributed by atoms with Crippen LogP contribution in [0.3, 0.4) is 0 Å². The first kappa shape index (κ1) is 13.1. The van der Waals surface area contributed by atoms with Gasteiger partial charge in [-0.3, -0.25) is 4.79 Å². The third-order valence-corrected chi connectivity index (χ3v) is 4.72. The van der Waals surface area contributed by atoms with Crippen LogP contribution in [0.25, 0.3) is 0 Å². The Morgan fingerprint density at radius 3 is 2.95 bits per heavy atom. The number of carbonyl (C=O) groups is 1. The molecule has 1 amide bonds. The van der Waals surface area contributed by atoms with Crippen molar-refractivity contribution < 1.29 is 9.18 Å². The first-order chi connectivity index (χ1) is 9.63. The van der Waals surface area contributed by atoms with Crippen molar-refractivity contribution in [2.45, 2.75) is 25.8 Å². The largest absolute Gasteiger partial charge is 0.398 e. The number of carbonyl (C=O) groups excluding carboxylic acids is 1. The molecule has 1 aromatic carbocycles. The zero-order valence-corrected chi connectivity index (χ0v) is 11.7. The molecule has 3 N–H and O–H groups in total. The second kappa shape index (κ2) is 5.25. The standard InChI is InChI=1S/C15H15FN2OS/c16-10-4-5-12(13(17)7-10)15(19)18-8-11-6-9-2-1-3-14(9)20-11/h4-7H,1-3,8,17H2,(H,18,19). The van der Waals surface area contributed by atoms with Gasteiger partial charge in [0.15, 0.2) is 0 Å². The molecular weight excluding hydrogens is 275 g/mol. The normalized spacial score (nSPS) is 13.2. The van der Waals surface area contributed by atoms with Crippen LogP contribution in [-0.4, -0.2) is 5.91 Å². The number of nitrogen functional groups attached to an aromatic ring is 1. The smallest absolute Gasteiger partial charge is 0.253 e. The van der Waals surface area contributed by atoms with Crippen LogP contribution in [-0.2, 0) is 19.4 Å². The minimum atomic E-state index is -0.436. The summed E-state index contributed by atoms with van der Waals surface area (Å²) < 4.78 is 12.9. The lowest BCUT2D eigenvalue weighted by molar-refractivity contribution is 0.0952. The van der Waals surface area contributed by atoms with Gasteiger partial charge in [-0.15, -0.1) is 11.3 Å². The van der Waals surface area contributed by atoms with E-state index in [0.717, 1.165) is 23.8 Å². The summed E-state index contributed by atoms with van der Waals surface area (Å²) in [6.07, 6.45) is 3.53. The van der Waals surface area contributed by atoms with Gasteiger partial charge in [0, 0.05) is 15.4 Å². The molecule has 20 heavy (non-hydrogen) atoms. The molecule has 0 unspecified atom stereocenters. The number of halogens is 1. The van der Waals surface area contributed by atoms with E-state index in [0.29, 0.717) is 12.1 Å². The van der Waals surface area contributed by atoms with Gasteiger partial charge in [0.2, 0.25) is 0 Å². The van der Waals surface area contributed by atoms with E-state index in [1.54, 1.807) is 11.3 Å². The third-order valence-electron chi connectivity index (χ3n) is 3.48. The number of hydrogen-bond donors (Lipinski definition) is 2. The second-order valence-electron chi connectivity index (χ2n) is 4.93. The molecule has 1 heterocycles. The highest BCUT2D eigenvalue weighted by Crippen LogP contribution is 2.30. The lowest BCUT2D eigenvalue weighted by atomic mass is 10.1. The molecule has 1 aliphatic carbocycles. The first-order valence-electron chi connectivity index (χ1n) is 6.57. The van der Waals surface area contributed by atoms with Crippen LogP contribution in [0.1, 0.15) is 32.1 Å². The molecule has 0 saturated carbocycles. The van der Waals surface area contributed by atoms with E-state index in [4.69, 9.17) is 5.73 Å². The fraction of sp³-hybridized carbons (Fsp3) is 0.267. The second-order valence-corrected chi connectivity index (χ2v) is 6.15. The summed E-state index contributed by atoms with van der Waals surface area (Å²) in [6, 6.07) is 5.98. The predicted molar refractivity (Wildman–Crippen MR) is 78.3 cm³/mol. The molecule has 0 aliphatic heterocycles. The fourth-order valence-electron chi connectivity index (χ4n) is 2.48. The molecule has 0 atom stereocenters. The topological polar surface area (TPSA) is 55.1 Å². The number of aryl methyl sites for hydroxylation is 2. The van der Waals surface area contributed by atoms with E-state index in [2.05, 4.69) is 11.4 Å². The third kappa shape index (κ3) is 2.54. The number of amides is 1. The van der Waals surface area contributed by atoms with Crippen LogP contribution in [0.5, 0.6) is 0 Å². The molecule has 3 rings (SSSR count). The molecule has 3 nitrogen and oxygen atoms in total. The maximum absolute atomic E-state index is 12.9. The van der Waals surface area contributed by atoms with Gasteiger partial charge in [-0.25, -0.2) is 4.39 Å². The molecule has 5 heteroatoms. The summed E-state index contributed by atoms with van der Waals surface area (Å²) in [7, 11) is 0. The van der Waals surface area contributed by atoms with Crippen LogP contribution in [0.15, 0.2) is 24.3 Å². The molecule has 0 fully saturated rings. The maximum Gasteiger partial charge on any atom is 0.253 e. The molecule has 1 aromatic heterocycles. The summed E-state index contributed by atoms with van der Waals surface area (Å²) in [5.41, 5.74) is 7.55. The summed E-state index contributed by atoms with van der Waals surface area (Å²) in [5, 5.41) is 2.83. The van der Waals surface area contributed by atoms with E-state index < -0.39 is 5.82 Å². The minimum Gasteiger partial charge on any atom is -0.398 e.